The van der Waals surface area contributed by atoms with Crippen molar-refractivity contribution in [2.75, 3.05) is 0 Å². The summed E-state index contributed by atoms with van der Waals surface area (Å²) in [4.78, 5) is 27.4. The minimum atomic E-state index is -3.24. The van der Waals surface area contributed by atoms with Gasteiger partial charge in [0.25, 0.3) is 5.56 Å². The summed E-state index contributed by atoms with van der Waals surface area (Å²) < 4.78 is 28.5. The molecule has 10 heteroatoms. The molecule has 0 spiro atoms. The van der Waals surface area contributed by atoms with Crippen LogP contribution in [0.4, 0.5) is 14.5 Å². The van der Waals surface area contributed by atoms with E-state index in [-0.39, 0.29) is 15.4 Å². The number of nitrogens with zero attached hydrogens (tertiary/aromatic N) is 2. The third-order valence-corrected chi connectivity index (χ3v) is 2.95. The van der Waals surface area contributed by atoms with E-state index in [2.05, 4.69) is 30.6 Å². The van der Waals surface area contributed by atoms with Crippen LogP contribution in [0.15, 0.2) is 21.7 Å². The zero-order valence-corrected chi connectivity index (χ0v) is 10.5. The molecule has 0 amide bonds. The topological polar surface area (TPSA) is 98.1 Å². The predicted molar refractivity (Wildman–Crippen MR) is 63.4 cm³/mol. The number of fused-ring (bicyclic) bond motifs is 1. The average Bonchev–Trinajstić information content (AvgIpc) is 2.32. The summed E-state index contributed by atoms with van der Waals surface area (Å²) in [5.41, 5.74) is -1.39. The number of ether oxygens (including phenoxy) is 1. The highest BCUT2D eigenvalue weighted by Crippen LogP contribution is 2.40. The number of nitro benzene ring substituents is 1. The van der Waals surface area contributed by atoms with E-state index in [1.165, 1.54) is 0 Å². The molecule has 0 atom stereocenters. The van der Waals surface area contributed by atoms with Crippen LogP contribution in [0.2, 0.25) is 0 Å². The predicted octanol–water partition coefficient (Wildman–Crippen LogP) is 2.20. The quantitative estimate of drug-likeness (QED) is 0.684. The summed E-state index contributed by atoms with van der Waals surface area (Å²) >= 11 is 2.89. The number of nitro groups is 1. The summed E-state index contributed by atoms with van der Waals surface area (Å²) in [6.45, 7) is -3.24. The van der Waals surface area contributed by atoms with E-state index < -0.39 is 28.5 Å². The van der Waals surface area contributed by atoms with Crippen molar-refractivity contribution in [1.82, 2.24) is 9.97 Å². The second-order valence-electron chi connectivity index (χ2n) is 3.30. The van der Waals surface area contributed by atoms with Crippen molar-refractivity contribution in [2.45, 2.75) is 6.61 Å². The van der Waals surface area contributed by atoms with Gasteiger partial charge in [0.2, 0.25) is 5.75 Å². The maximum Gasteiger partial charge on any atom is 0.387 e. The Morgan fingerprint density at radius 2 is 2.21 bits per heavy atom. The van der Waals surface area contributed by atoms with Gasteiger partial charge in [0, 0.05) is 6.07 Å². The largest absolute Gasteiger partial charge is 0.426 e. The van der Waals surface area contributed by atoms with E-state index in [0.717, 1.165) is 12.4 Å². The van der Waals surface area contributed by atoms with Crippen molar-refractivity contribution < 1.29 is 18.4 Å². The number of benzene rings is 1. The molecule has 0 fully saturated rings. The fraction of sp³-hybridized carbons (Fsp3) is 0.111. The van der Waals surface area contributed by atoms with Crippen LogP contribution in [-0.4, -0.2) is 21.5 Å². The molecule has 0 aliphatic rings. The maximum absolute atomic E-state index is 12.3. The normalized spacial score (nSPS) is 10.9. The number of halogens is 3. The number of aromatic nitrogens is 2. The second kappa shape index (κ2) is 4.88. The standard InChI is InChI=1S/C9H4BrF2N3O4/c10-5-6-3(8(16)14-2-13-6)1-4(15(17)18)7(5)19-9(11)12/h1-2,9H,(H,13,14,16). The number of nitrogens with one attached hydrogen (secondary N) is 1. The molecule has 1 N–H and O–H groups in total. The number of alkyl halides is 2. The van der Waals surface area contributed by atoms with Crippen LogP contribution >= 0.6 is 15.9 Å². The van der Waals surface area contributed by atoms with Crippen LogP contribution in [0.1, 0.15) is 0 Å². The van der Waals surface area contributed by atoms with Gasteiger partial charge in [-0.1, -0.05) is 0 Å². The molecule has 0 aliphatic carbocycles. The van der Waals surface area contributed by atoms with Crippen molar-refractivity contribution in [3.63, 3.8) is 0 Å². The van der Waals surface area contributed by atoms with Crippen LogP contribution in [-0.2, 0) is 0 Å². The monoisotopic (exact) mass is 335 g/mol. The van der Waals surface area contributed by atoms with E-state index in [4.69, 9.17) is 0 Å². The minimum absolute atomic E-state index is 0.00926. The number of H-pyrrole nitrogens is 1. The molecule has 0 bridgehead atoms. The first-order valence-corrected chi connectivity index (χ1v) is 5.50. The highest BCUT2D eigenvalue weighted by molar-refractivity contribution is 9.10. The summed E-state index contributed by atoms with van der Waals surface area (Å²) in [7, 11) is 0. The first-order chi connectivity index (χ1) is 8.91. The Bertz CT molecular complexity index is 718. The lowest BCUT2D eigenvalue weighted by Gasteiger charge is -2.08. The highest BCUT2D eigenvalue weighted by Gasteiger charge is 2.25. The Labute approximate surface area is 111 Å². The molecule has 0 saturated carbocycles. The number of hydrogen-bond donors (Lipinski definition) is 1. The van der Waals surface area contributed by atoms with Gasteiger partial charge in [-0.05, 0) is 15.9 Å². The van der Waals surface area contributed by atoms with Crippen LogP contribution in [0.5, 0.6) is 5.75 Å². The van der Waals surface area contributed by atoms with E-state index >= 15 is 0 Å². The average molecular weight is 336 g/mol. The first-order valence-electron chi connectivity index (χ1n) is 4.71. The Kier molecular flexibility index (Phi) is 3.42. The lowest BCUT2D eigenvalue weighted by atomic mass is 10.2. The summed E-state index contributed by atoms with van der Waals surface area (Å²) in [5.74, 6) is -0.675. The van der Waals surface area contributed by atoms with Gasteiger partial charge in [0.1, 0.15) is 0 Å². The molecule has 2 rings (SSSR count). The smallest absolute Gasteiger partial charge is 0.387 e. The van der Waals surface area contributed by atoms with Crippen LogP contribution in [0.3, 0.4) is 0 Å². The highest BCUT2D eigenvalue weighted by atomic mass is 79.9. The van der Waals surface area contributed by atoms with E-state index in [0.29, 0.717) is 0 Å². The van der Waals surface area contributed by atoms with Gasteiger partial charge in [0.05, 0.1) is 26.6 Å². The first kappa shape index (κ1) is 13.3. The maximum atomic E-state index is 12.3. The third kappa shape index (κ3) is 2.38. The molecular weight excluding hydrogens is 332 g/mol. The molecule has 0 radical (unpaired) electrons. The number of rotatable bonds is 3. The molecule has 19 heavy (non-hydrogen) atoms. The molecule has 1 heterocycles. The van der Waals surface area contributed by atoms with Crippen molar-refractivity contribution in [1.29, 1.82) is 0 Å². The van der Waals surface area contributed by atoms with Crippen molar-refractivity contribution in [3.8, 4) is 5.75 Å². The summed E-state index contributed by atoms with van der Waals surface area (Å²) in [6, 6.07) is 0.837. The van der Waals surface area contributed by atoms with Crippen LogP contribution in [0.25, 0.3) is 10.9 Å². The van der Waals surface area contributed by atoms with Crippen LogP contribution < -0.4 is 10.3 Å². The Morgan fingerprint density at radius 1 is 1.53 bits per heavy atom. The minimum Gasteiger partial charge on any atom is -0.426 e. The molecule has 0 saturated heterocycles. The fourth-order valence-corrected chi connectivity index (χ4v) is 2.09. The second-order valence-corrected chi connectivity index (χ2v) is 4.10. The lowest BCUT2D eigenvalue weighted by Crippen LogP contribution is -2.10. The van der Waals surface area contributed by atoms with E-state index in [1.807, 2.05) is 0 Å². The molecule has 7 nitrogen and oxygen atoms in total. The molecule has 1 aromatic carbocycles. The lowest BCUT2D eigenvalue weighted by molar-refractivity contribution is -0.386. The zero-order valence-electron chi connectivity index (χ0n) is 8.89. The Balaban J connectivity index is 2.85. The Hall–Kier alpha value is -2.10. The molecule has 100 valence electrons. The molecule has 1 aromatic heterocycles. The summed E-state index contributed by atoms with van der Waals surface area (Å²) in [6.07, 6.45) is 1.05. The Morgan fingerprint density at radius 3 is 2.79 bits per heavy atom. The molecule has 2 aromatic rings. The van der Waals surface area contributed by atoms with E-state index in [1.54, 1.807) is 0 Å². The summed E-state index contributed by atoms with van der Waals surface area (Å²) in [5, 5.41) is 10.7. The molecule has 0 aliphatic heterocycles. The van der Waals surface area contributed by atoms with Gasteiger partial charge in [-0.15, -0.1) is 0 Å². The third-order valence-electron chi connectivity index (χ3n) is 2.21. The van der Waals surface area contributed by atoms with Gasteiger partial charge in [-0.2, -0.15) is 8.78 Å². The van der Waals surface area contributed by atoms with E-state index in [9.17, 15) is 23.7 Å². The van der Waals surface area contributed by atoms with Gasteiger partial charge in [-0.25, -0.2) is 4.98 Å². The SMILES string of the molecule is O=c1[nH]cnc2c(Br)c(OC(F)F)c([N+](=O)[O-])cc12. The van der Waals surface area contributed by atoms with Gasteiger partial charge < -0.3 is 9.72 Å². The van der Waals surface area contributed by atoms with Crippen molar-refractivity contribution in [3.05, 3.63) is 37.3 Å². The van der Waals surface area contributed by atoms with Crippen LogP contribution in [0, 0.1) is 10.1 Å². The number of aromatic amines is 1. The van der Waals surface area contributed by atoms with Gasteiger partial charge in [-0.3, -0.25) is 14.9 Å². The van der Waals surface area contributed by atoms with Gasteiger partial charge >= 0.3 is 12.3 Å². The van der Waals surface area contributed by atoms with Gasteiger partial charge in [0.15, 0.2) is 0 Å². The van der Waals surface area contributed by atoms with Crippen molar-refractivity contribution in [2.24, 2.45) is 0 Å². The molecular formula is C9H4BrF2N3O4. The molecule has 0 unspecified atom stereocenters. The van der Waals surface area contributed by atoms with Crippen molar-refractivity contribution >= 4 is 32.5 Å². The fourth-order valence-electron chi connectivity index (χ4n) is 1.48. The number of hydrogen-bond acceptors (Lipinski definition) is 5. The zero-order chi connectivity index (χ0) is 14.2.